The number of aromatic hydroxyl groups is 1. The summed E-state index contributed by atoms with van der Waals surface area (Å²) in [4.78, 5) is 14.3. The molecule has 0 atom stereocenters. The summed E-state index contributed by atoms with van der Waals surface area (Å²) in [5, 5.41) is 10.3. The normalized spacial score (nSPS) is 17.1. The van der Waals surface area contributed by atoms with E-state index in [2.05, 4.69) is 23.3 Å². The Labute approximate surface area is 127 Å². The molecule has 0 unspecified atom stereocenters. The Bertz CT molecular complexity index is 526. The van der Waals surface area contributed by atoms with Crippen molar-refractivity contribution in [3.63, 3.8) is 0 Å². The van der Waals surface area contributed by atoms with Crippen LogP contribution in [0.3, 0.4) is 0 Å². The molecule has 1 saturated heterocycles. The molecular weight excluding hydrogens is 264 g/mol. The zero-order valence-electron chi connectivity index (χ0n) is 13.6. The number of aromatic nitrogens is 1. The third-order valence-electron chi connectivity index (χ3n) is 4.22. The van der Waals surface area contributed by atoms with E-state index in [1.165, 1.54) is 25.7 Å². The molecule has 1 aromatic heterocycles. The van der Waals surface area contributed by atoms with Crippen molar-refractivity contribution in [1.29, 1.82) is 0 Å². The summed E-state index contributed by atoms with van der Waals surface area (Å²) < 4.78 is 2.12. The molecule has 0 bridgehead atoms. The molecule has 0 amide bonds. The zero-order chi connectivity index (χ0) is 15.4. The molecule has 0 aliphatic carbocycles. The van der Waals surface area contributed by atoms with Crippen molar-refractivity contribution in [2.24, 2.45) is 5.92 Å². The predicted molar refractivity (Wildman–Crippen MR) is 85.7 cm³/mol. The summed E-state index contributed by atoms with van der Waals surface area (Å²) in [5.41, 5.74) is 1.48. The average Bonchev–Trinajstić information content (AvgIpc) is 2.68. The van der Waals surface area contributed by atoms with Crippen LogP contribution in [-0.2, 0) is 13.1 Å². The minimum Gasteiger partial charge on any atom is -0.503 e. The molecule has 4 heteroatoms. The van der Waals surface area contributed by atoms with E-state index in [9.17, 15) is 9.90 Å². The molecule has 2 rings (SSSR count). The minimum absolute atomic E-state index is 0.0644. The molecule has 2 heterocycles. The van der Waals surface area contributed by atoms with E-state index < -0.39 is 0 Å². The van der Waals surface area contributed by atoms with E-state index in [0.29, 0.717) is 12.5 Å². The highest BCUT2D eigenvalue weighted by Crippen LogP contribution is 2.20. The fourth-order valence-corrected chi connectivity index (χ4v) is 3.10. The number of rotatable bonds is 4. The van der Waals surface area contributed by atoms with Crippen LogP contribution >= 0.6 is 0 Å². The molecule has 118 valence electrons. The van der Waals surface area contributed by atoms with Crippen LogP contribution in [0.4, 0.5) is 0 Å². The molecule has 1 aromatic rings. The highest BCUT2D eigenvalue weighted by Gasteiger charge is 2.18. The van der Waals surface area contributed by atoms with Crippen molar-refractivity contribution in [2.75, 3.05) is 13.1 Å². The number of pyridine rings is 1. The summed E-state index contributed by atoms with van der Waals surface area (Å²) in [6.45, 7) is 9.90. The highest BCUT2D eigenvalue weighted by molar-refractivity contribution is 5.29. The van der Waals surface area contributed by atoms with E-state index in [4.69, 9.17) is 0 Å². The van der Waals surface area contributed by atoms with Gasteiger partial charge in [0.1, 0.15) is 0 Å². The standard InChI is InChI=1S/C17H28N2O2/c1-13(2)11-19-14(3)10-16(20)17(21)15(19)12-18-8-6-4-5-7-9-18/h10,13,21H,4-9,11-12H2,1-3H3. The van der Waals surface area contributed by atoms with Gasteiger partial charge in [-0.15, -0.1) is 0 Å². The van der Waals surface area contributed by atoms with Gasteiger partial charge in [0.05, 0.1) is 5.69 Å². The SMILES string of the molecule is Cc1cc(=O)c(O)c(CN2CCCCCC2)n1CC(C)C. The van der Waals surface area contributed by atoms with Crippen LogP contribution in [0.25, 0.3) is 0 Å². The summed E-state index contributed by atoms with van der Waals surface area (Å²) in [5.74, 6) is 0.416. The monoisotopic (exact) mass is 292 g/mol. The Morgan fingerprint density at radius 3 is 2.38 bits per heavy atom. The quantitative estimate of drug-likeness (QED) is 0.928. The van der Waals surface area contributed by atoms with Gasteiger partial charge in [0.15, 0.2) is 5.75 Å². The molecule has 0 aromatic carbocycles. The maximum absolute atomic E-state index is 11.9. The first-order valence-electron chi connectivity index (χ1n) is 8.13. The summed E-state index contributed by atoms with van der Waals surface area (Å²) in [6.07, 6.45) is 4.99. The third-order valence-corrected chi connectivity index (χ3v) is 4.22. The van der Waals surface area contributed by atoms with E-state index in [-0.39, 0.29) is 11.2 Å². The smallest absolute Gasteiger partial charge is 0.223 e. The summed E-state index contributed by atoms with van der Waals surface area (Å²) in [6, 6.07) is 1.55. The Balaban J connectivity index is 2.32. The first kappa shape index (κ1) is 16.1. The molecule has 1 aliphatic heterocycles. The van der Waals surface area contributed by atoms with Crippen LogP contribution in [0, 0.1) is 12.8 Å². The van der Waals surface area contributed by atoms with Gasteiger partial charge < -0.3 is 9.67 Å². The summed E-state index contributed by atoms with van der Waals surface area (Å²) in [7, 11) is 0. The highest BCUT2D eigenvalue weighted by atomic mass is 16.3. The van der Waals surface area contributed by atoms with Gasteiger partial charge >= 0.3 is 0 Å². The Kier molecular flexibility index (Phi) is 5.45. The van der Waals surface area contributed by atoms with Crippen LogP contribution in [0.2, 0.25) is 0 Å². The lowest BCUT2D eigenvalue weighted by Gasteiger charge is -2.25. The van der Waals surface area contributed by atoms with Crippen molar-refractivity contribution in [1.82, 2.24) is 9.47 Å². The number of likely N-dealkylation sites (tertiary alicyclic amines) is 1. The van der Waals surface area contributed by atoms with Crippen molar-refractivity contribution in [2.45, 2.75) is 59.5 Å². The first-order chi connectivity index (χ1) is 9.99. The van der Waals surface area contributed by atoms with Crippen LogP contribution < -0.4 is 5.43 Å². The molecular formula is C17H28N2O2. The molecule has 0 saturated carbocycles. The van der Waals surface area contributed by atoms with Crippen molar-refractivity contribution in [3.05, 3.63) is 27.7 Å². The molecule has 1 N–H and O–H groups in total. The molecule has 21 heavy (non-hydrogen) atoms. The summed E-state index contributed by atoms with van der Waals surface area (Å²) >= 11 is 0. The predicted octanol–water partition coefficient (Wildman–Crippen LogP) is 2.89. The van der Waals surface area contributed by atoms with Gasteiger partial charge in [0, 0.05) is 24.8 Å². The lowest BCUT2D eigenvalue weighted by molar-refractivity contribution is 0.260. The maximum Gasteiger partial charge on any atom is 0.223 e. The largest absolute Gasteiger partial charge is 0.503 e. The van der Waals surface area contributed by atoms with Gasteiger partial charge in [-0.05, 0) is 38.8 Å². The zero-order valence-corrected chi connectivity index (χ0v) is 13.6. The van der Waals surface area contributed by atoms with Crippen LogP contribution in [0.1, 0.15) is 50.9 Å². The maximum atomic E-state index is 11.9. The van der Waals surface area contributed by atoms with Crippen molar-refractivity contribution < 1.29 is 5.11 Å². The van der Waals surface area contributed by atoms with Gasteiger partial charge in [-0.2, -0.15) is 0 Å². The van der Waals surface area contributed by atoms with E-state index in [1.54, 1.807) is 6.07 Å². The van der Waals surface area contributed by atoms with Gasteiger partial charge in [-0.1, -0.05) is 26.7 Å². The lowest BCUT2D eigenvalue weighted by atomic mass is 10.1. The van der Waals surface area contributed by atoms with Crippen molar-refractivity contribution >= 4 is 0 Å². The van der Waals surface area contributed by atoms with Gasteiger partial charge in [0.25, 0.3) is 0 Å². The van der Waals surface area contributed by atoms with Crippen LogP contribution in [0.15, 0.2) is 10.9 Å². The number of hydrogen-bond acceptors (Lipinski definition) is 3. The van der Waals surface area contributed by atoms with E-state index in [1.807, 2.05) is 6.92 Å². The second kappa shape index (κ2) is 7.12. The first-order valence-corrected chi connectivity index (χ1v) is 8.13. The fourth-order valence-electron chi connectivity index (χ4n) is 3.10. The van der Waals surface area contributed by atoms with Gasteiger partial charge in [-0.3, -0.25) is 9.69 Å². The number of nitrogens with zero attached hydrogens (tertiary/aromatic N) is 2. The van der Waals surface area contributed by atoms with Crippen LogP contribution in [0.5, 0.6) is 5.75 Å². The lowest BCUT2D eigenvalue weighted by Crippen LogP contribution is -2.28. The van der Waals surface area contributed by atoms with Crippen LogP contribution in [-0.4, -0.2) is 27.7 Å². The average molecular weight is 292 g/mol. The van der Waals surface area contributed by atoms with Gasteiger partial charge in [0.2, 0.25) is 5.43 Å². The van der Waals surface area contributed by atoms with Gasteiger partial charge in [-0.25, -0.2) is 0 Å². The molecule has 0 radical (unpaired) electrons. The minimum atomic E-state index is -0.252. The molecule has 0 spiro atoms. The third kappa shape index (κ3) is 4.10. The number of aryl methyl sites for hydroxylation is 1. The number of hydrogen-bond donors (Lipinski definition) is 1. The van der Waals surface area contributed by atoms with E-state index in [0.717, 1.165) is 31.0 Å². The molecule has 4 nitrogen and oxygen atoms in total. The van der Waals surface area contributed by atoms with E-state index >= 15 is 0 Å². The molecule has 1 aliphatic rings. The Morgan fingerprint density at radius 1 is 1.19 bits per heavy atom. The van der Waals surface area contributed by atoms with Crippen molar-refractivity contribution in [3.8, 4) is 5.75 Å². The Hall–Kier alpha value is -1.29. The Morgan fingerprint density at radius 2 is 1.81 bits per heavy atom. The fraction of sp³-hybridized carbons (Fsp3) is 0.706. The second-order valence-corrected chi connectivity index (χ2v) is 6.64. The second-order valence-electron chi connectivity index (χ2n) is 6.64. The topological polar surface area (TPSA) is 45.5 Å². The molecule has 1 fully saturated rings.